The van der Waals surface area contributed by atoms with Gasteiger partial charge in [-0.05, 0) is 49.7 Å². The number of hydrogen-bond donors (Lipinski definition) is 1. The minimum atomic E-state index is -0.159. The molecule has 1 aromatic rings. The van der Waals surface area contributed by atoms with Crippen molar-refractivity contribution in [3.63, 3.8) is 0 Å². The minimum Gasteiger partial charge on any atom is -0.342 e. The first-order valence-corrected chi connectivity index (χ1v) is 11.0. The van der Waals surface area contributed by atoms with Gasteiger partial charge in [-0.1, -0.05) is 31.0 Å². The zero-order chi connectivity index (χ0) is 19.3. The summed E-state index contributed by atoms with van der Waals surface area (Å²) in [5.74, 6) is 1.34. The SMILES string of the molecule is CC1Cc2ccccc2N1C(=O)C1CCCCC1C(=O)N1C[C@H]2CNC[C@H]2C1.Cl. The third-order valence-corrected chi connectivity index (χ3v) is 7.55. The summed E-state index contributed by atoms with van der Waals surface area (Å²) in [6.07, 6.45) is 4.75. The second-order valence-electron chi connectivity index (χ2n) is 9.31. The number of likely N-dealkylation sites (tertiary alicyclic amines) is 1. The van der Waals surface area contributed by atoms with Crippen molar-refractivity contribution in [2.75, 3.05) is 31.1 Å². The first-order valence-electron chi connectivity index (χ1n) is 11.0. The number of carbonyl (C=O) groups excluding carboxylic acids is 2. The standard InChI is InChI=1S/C23H31N3O2.ClH/c1-15-10-16-6-2-5-9-21(16)26(15)23(28)20-8-4-3-7-19(20)22(27)25-13-17-11-24-12-18(17)14-25;/h2,5-6,9,15,17-20,24H,3-4,7-8,10-14H2,1H3;1H/t15?,17-,18+,19?,20?;. The van der Waals surface area contributed by atoms with E-state index in [2.05, 4.69) is 29.3 Å². The third-order valence-electron chi connectivity index (χ3n) is 7.55. The maximum Gasteiger partial charge on any atom is 0.231 e. The van der Waals surface area contributed by atoms with Crippen LogP contribution in [-0.4, -0.2) is 48.9 Å². The van der Waals surface area contributed by atoms with Crippen molar-refractivity contribution < 1.29 is 9.59 Å². The largest absolute Gasteiger partial charge is 0.342 e. The van der Waals surface area contributed by atoms with Crippen LogP contribution in [0.5, 0.6) is 0 Å². The molecule has 3 heterocycles. The predicted octanol–water partition coefficient (Wildman–Crippen LogP) is 2.87. The number of halogens is 1. The van der Waals surface area contributed by atoms with Crippen LogP contribution in [0.4, 0.5) is 5.69 Å². The fourth-order valence-corrected chi connectivity index (χ4v) is 6.07. The Balaban J connectivity index is 0.00000205. The Hall–Kier alpha value is -1.59. The van der Waals surface area contributed by atoms with Crippen molar-refractivity contribution in [2.45, 2.75) is 45.1 Å². The van der Waals surface area contributed by atoms with Gasteiger partial charge in [0.05, 0.1) is 5.92 Å². The highest BCUT2D eigenvalue weighted by molar-refractivity contribution is 6.00. The minimum absolute atomic E-state index is 0. The lowest BCUT2D eigenvalue weighted by Gasteiger charge is -2.36. The van der Waals surface area contributed by atoms with E-state index in [0.717, 1.165) is 64.0 Å². The molecule has 3 aliphatic heterocycles. The van der Waals surface area contributed by atoms with Gasteiger partial charge in [0.2, 0.25) is 11.8 Å². The van der Waals surface area contributed by atoms with E-state index in [0.29, 0.717) is 11.8 Å². The zero-order valence-corrected chi connectivity index (χ0v) is 18.0. The van der Waals surface area contributed by atoms with Gasteiger partial charge in [0.15, 0.2) is 0 Å². The van der Waals surface area contributed by atoms with Gasteiger partial charge in [-0.15, -0.1) is 12.4 Å². The van der Waals surface area contributed by atoms with Crippen molar-refractivity contribution >= 4 is 29.9 Å². The first-order chi connectivity index (χ1) is 13.6. The van der Waals surface area contributed by atoms with Gasteiger partial charge in [-0.2, -0.15) is 0 Å². The molecule has 158 valence electrons. The fraction of sp³-hybridized carbons (Fsp3) is 0.652. The molecule has 0 radical (unpaired) electrons. The van der Waals surface area contributed by atoms with E-state index in [9.17, 15) is 9.59 Å². The molecule has 0 spiro atoms. The summed E-state index contributed by atoms with van der Waals surface area (Å²) in [5.41, 5.74) is 2.31. The molecule has 4 aliphatic rings. The molecular formula is C23H32ClN3O2. The predicted molar refractivity (Wildman–Crippen MR) is 116 cm³/mol. The van der Waals surface area contributed by atoms with E-state index in [4.69, 9.17) is 0 Å². The number of para-hydroxylation sites is 1. The molecule has 5 nitrogen and oxygen atoms in total. The number of rotatable bonds is 2. The van der Waals surface area contributed by atoms with E-state index in [1.807, 2.05) is 17.0 Å². The fourth-order valence-electron chi connectivity index (χ4n) is 6.07. The molecule has 3 fully saturated rings. The Morgan fingerprint density at radius 3 is 2.28 bits per heavy atom. The molecule has 1 saturated carbocycles. The molecule has 5 atom stereocenters. The van der Waals surface area contributed by atoms with Crippen LogP contribution in [0, 0.1) is 23.7 Å². The van der Waals surface area contributed by atoms with Crippen molar-refractivity contribution in [1.82, 2.24) is 10.2 Å². The molecule has 3 unspecified atom stereocenters. The van der Waals surface area contributed by atoms with E-state index in [1.165, 1.54) is 5.56 Å². The quantitative estimate of drug-likeness (QED) is 0.805. The Morgan fingerprint density at radius 1 is 0.966 bits per heavy atom. The van der Waals surface area contributed by atoms with Crippen LogP contribution in [0.1, 0.15) is 38.2 Å². The third kappa shape index (κ3) is 3.57. The van der Waals surface area contributed by atoms with Crippen LogP contribution in [0.3, 0.4) is 0 Å². The van der Waals surface area contributed by atoms with Crippen LogP contribution in [0.25, 0.3) is 0 Å². The Morgan fingerprint density at radius 2 is 1.59 bits per heavy atom. The molecule has 6 heteroatoms. The second kappa shape index (κ2) is 8.27. The molecule has 1 aromatic carbocycles. The van der Waals surface area contributed by atoms with Gasteiger partial charge in [0.25, 0.3) is 0 Å². The molecule has 1 aliphatic carbocycles. The summed E-state index contributed by atoms with van der Waals surface area (Å²) < 4.78 is 0. The molecule has 0 aromatic heterocycles. The first kappa shape index (κ1) is 20.7. The maximum atomic E-state index is 13.6. The summed E-state index contributed by atoms with van der Waals surface area (Å²) in [7, 11) is 0. The normalized spacial score (nSPS) is 33.2. The smallest absolute Gasteiger partial charge is 0.231 e. The van der Waals surface area contributed by atoms with E-state index in [-0.39, 0.29) is 42.1 Å². The van der Waals surface area contributed by atoms with Crippen LogP contribution in [0.2, 0.25) is 0 Å². The second-order valence-corrected chi connectivity index (χ2v) is 9.31. The molecule has 2 saturated heterocycles. The number of anilines is 1. The number of nitrogens with one attached hydrogen (secondary N) is 1. The Labute approximate surface area is 179 Å². The van der Waals surface area contributed by atoms with Gasteiger partial charge in [0, 0.05) is 43.8 Å². The van der Waals surface area contributed by atoms with E-state index >= 15 is 0 Å². The van der Waals surface area contributed by atoms with Gasteiger partial charge in [0.1, 0.15) is 0 Å². The molecule has 29 heavy (non-hydrogen) atoms. The number of fused-ring (bicyclic) bond motifs is 2. The Kier molecular flexibility index (Phi) is 5.90. The van der Waals surface area contributed by atoms with Gasteiger partial charge < -0.3 is 15.1 Å². The summed E-state index contributed by atoms with van der Waals surface area (Å²) in [6.45, 7) is 5.94. The summed E-state index contributed by atoms with van der Waals surface area (Å²) in [5, 5.41) is 3.44. The van der Waals surface area contributed by atoms with Crippen molar-refractivity contribution in [3.05, 3.63) is 29.8 Å². The average molecular weight is 418 g/mol. The summed E-state index contributed by atoms with van der Waals surface area (Å²) in [4.78, 5) is 31.1. The number of nitrogens with zero attached hydrogens (tertiary/aromatic N) is 2. The number of carbonyl (C=O) groups is 2. The topological polar surface area (TPSA) is 52.7 Å². The van der Waals surface area contributed by atoms with Crippen LogP contribution >= 0.6 is 12.4 Å². The molecular weight excluding hydrogens is 386 g/mol. The highest BCUT2D eigenvalue weighted by atomic mass is 35.5. The summed E-state index contributed by atoms with van der Waals surface area (Å²) in [6, 6.07) is 8.42. The lowest BCUT2D eigenvalue weighted by atomic mass is 9.77. The van der Waals surface area contributed by atoms with E-state index < -0.39 is 0 Å². The molecule has 0 bridgehead atoms. The van der Waals surface area contributed by atoms with Crippen LogP contribution in [0.15, 0.2) is 24.3 Å². The van der Waals surface area contributed by atoms with Crippen LogP contribution < -0.4 is 10.2 Å². The molecule has 2 amide bonds. The molecule has 1 N–H and O–H groups in total. The van der Waals surface area contributed by atoms with E-state index in [1.54, 1.807) is 0 Å². The maximum absolute atomic E-state index is 13.6. The van der Waals surface area contributed by atoms with Crippen molar-refractivity contribution in [3.8, 4) is 0 Å². The number of benzene rings is 1. The van der Waals surface area contributed by atoms with Crippen LogP contribution in [-0.2, 0) is 16.0 Å². The van der Waals surface area contributed by atoms with Gasteiger partial charge in [-0.25, -0.2) is 0 Å². The van der Waals surface area contributed by atoms with Gasteiger partial charge in [-0.3, -0.25) is 9.59 Å². The highest BCUT2D eigenvalue weighted by Crippen LogP contribution is 2.39. The number of hydrogen-bond acceptors (Lipinski definition) is 3. The Bertz CT molecular complexity index is 773. The zero-order valence-electron chi connectivity index (χ0n) is 17.2. The number of amides is 2. The van der Waals surface area contributed by atoms with Crippen molar-refractivity contribution in [1.29, 1.82) is 0 Å². The lowest BCUT2D eigenvalue weighted by molar-refractivity contribution is -0.142. The summed E-state index contributed by atoms with van der Waals surface area (Å²) >= 11 is 0. The van der Waals surface area contributed by atoms with Crippen molar-refractivity contribution in [2.24, 2.45) is 23.7 Å². The highest BCUT2D eigenvalue weighted by Gasteiger charge is 2.45. The van der Waals surface area contributed by atoms with Gasteiger partial charge >= 0.3 is 0 Å². The lowest BCUT2D eigenvalue weighted by Crippen LogP contribution is -2.48. The monoisotopic (exact) mass is 417 g/mol. The molecule has 5 rings (SSSR count). The average Bonchev–Trinajstić information content (AvgIpc) is 3.39.